The molecule has 7 heteroatoms. The largest absolute Gasteiger partial charge is 0.456 e. The highest BCUT2D eigenvalue weighted by molar-refractivity contribution is 5.91. The number of fused-ring (bicyclic) bond motifs is 2. The second kappa shape index (κ2) is 9.39. The van der Waals surface area contributed by atoms with Crippen molar-refractivity contribution in [1.82, 2.24) is 5.32 Å². The molecule has 0 spiro atoms. The zero-order chi connectivity index (χ0) is 24.3. The minimum absolute atomic E-state index is 0.164. The molecule has 0 radical (unpaired) electrons. The van der Waals surface area contributed by atoms with E-state index in [1.807, 2.05) is 30.3 Å². The van der Waals surface area contributed by atoms with Gasteiger partial charge in [0, 0.05) is 12.5 Å². The van der Waals surface area contributed by atoms with Gasteiger partial charge in [-0.2, -0.15) is 0 Å². The Bertz CT molecular complexity index is 1400. The number of rotatable bonds is 5. The molecule has 0 fully saturated rings. The number of hydrogen-bond donors (Lipinski definition) is 1. The van der Waals surface area contributed by atoms with Gasteiger partial charge in [0.05, 0.1) is 10.8 Å². The molecule has 3 aromatic carbocycles. The van der Waals surface area contributed by atoms with Gasteiger partial charge in [-0.05, 0) is 50.6 Å². The smallest absolute Gasteiger partial charge is 0.408 e. The number of ether oxygens (including phenoxy) is 2. The fourth-order valence-corrected chi connectivity index (χ4v) is 3.53. The molecular weight excluding hydrogens is 434 g/mol. The second-order valence-corrected chi connectivity index (χ2v) is 8.89. The fourth-order valence-electron chi connectivity index (χ4n) is 3.53. The summed E-state index contributed by atoms with van der Waals surface area (Å²) in [7, 11) is 0. The minimum atomic E-state index is -0.989. The molecule has 4 aromatic rings. The van der Waals surface area contributed by atoms with Gasteiger partial charge >= 0.3 is 12.1 Å². The van der Waals surface area contributed by atoms with Crippen LogP contribution in [0.5, 0.6) is 5.75 Å². The molecule has 0 aliphatic rings. The molecule has 0 saturated carbocycles. The van der Waals surface area contributed by atoms with E-state index in [1.165, 1.54) is 12.1 Å². The van der Waals surface area contributed by atoms with Crippen molar-refractivity contribution in [3.8, 4) is 5.75 Å². The average Bonchev–Trinajstić information content (AvgIpc) is 2.78. The predicted molar refractivity (Wildman–Crippen MR) is 129 cm³/mol. The highest BCUT2D eigenvalue weighted by Gasteiger charge is 2.26. The number of amides is 1. The standard InChI is InChI=1S/C27H25NO6/c1-27(2,3)34-26(31)28-21(15-17-9-5-4-6-10-17)25(30)32-18-13-14-20-23(16-18)33-22-12-8-7-11-19(22)24(20)29/h4-14,16,21H,15H2,1-3H3,(H,28,31)/t21-/m0/s1. The van der Waals surface area contributed by atoms with E-state index in [0.717, 1.165) is 5.56 Å². The first-order valence-electron chi connectivity index (χ1n) is 10.9. The van der Waals surface area contributed by atoms with Crippen LogP contribution in [0.15, 0.2) is 82.0 Å². The third-order valence-corrected chi connectivity index (χ3v) is 5.03. The lowest BCUT2D eigenvalue weighted by atomic mass is 10.1. The zero-order valence-corrected chi connectivity index (χ0v) is 19.2. The molecular formula is C27H25NO6. The van der Waals surface area contributed by atoms with Crippen molar-refractivity contribution in [1.29, 1.82) is 0 Å². The summed E-state index contributed by atoms with van der Waals surface area (Å²) in [5.74, 6) is -0.475. The maximum absolute atomic E-state index is 13.0. The van der Waals surface area contributed by atoms with Crippen LogP contribution in [0.3, 0.4) is 0 Å². The van der Waals surface area contributed by atoms with E-state index in [2.05, 4.69) is 5.32 Å². The van der Waals surface area contributed by atoms with Gasteiger partial charge in [-0.1, -0.05) is 42.5 Å². The van der Waals surface area contributed by atoms with E-state index in [9.17, 15) is 14.4 Å². The van der Waals surface area contributed by atoms with Crippen molar-refractivity contribution in [2.24, 2.45) is 0 Å². The van der Waals surface area contributed by atoms with Crippen molar-refractivity contribution < 1.29 is 23.5 Å². The summed E-state index contributed by atoms with van der Waals surface area (Å²) < 4.78 is 16.7. The molecule has 0 unspecified atom stereocenters. The second-order valence-electron chi connectivity index (χ2n) is 8.89. The Kier molecular flexibility index (Phi) is 6.36. The molecule has 174 valence electrons. The van der Waals surface area contributed by atoms with Crippen molar-refractivity contribution in [3.05, 3.63) is 88.6 Å². The monoisotopic (exact) mass is 459 g/mol. The van der Waals surface area contributed by atoms with Gasteiger partial charge < -0.3 is 19.2 Å². The van der Waals surface area contributed by atoms with Crippen molar-refractivity contribution in [2.45, 2.75) is 38.8 Å². The summed E-state index contributed by atoms with van der Waals surface area (Å²) in [5, 5.41) is 3.46. The van der Waals surface area contributed by atoms with Crippen molar-refractivity contribution in [3.63, 3.8) is 0 Å². The molecule has 34 heavy (non-hydrogen) atoms. The maximum atomic E-state index is 13.0. The molecule has 0 bridgehead atoms. The van der Waals surface area contributed by atoms with E-state index < -0.39 is 23.7 Å². The number of carbonyl (C=O) groups excluding carboxylic acids is 2. The lowest BCUT2D eigenvalue weighted by Gasteiger charge is -2.23. The first-order chi connectivity index (χ1) is 16.2. The maximum Gasteiger partial charge on any atom is 0.408 e. The Morgan fingerprint density at radius 1 is 0.912 bits per heavy atom. The van der Waals surface area contributed by atoms with E-state index in [0.29, 0.717) is 21.9 Å². The third kappa shape index (κ3) is 5.43. The van der Waals surface area contributed by atoms with E-state index in [1.54, 1.807) is 51.1 Å². The van der Waals surface area contributed by atoms with Crippen LogP contribution < -0.4 is 15.5 Å². The Balaban J connectivity index is 1.60. The molecule has 1 N–H and O–H groups in total. The first-order valence-corrected chi connectivity index (χ1v) is 10.9. The zero-order valence-electron chi connectivity index (χ0n) is 19.2. The van der Waals surface area contributed by atoms with E-state index >= 15 is 0 Å². The lowest BCUT2D eigenvalue weighted by molar-refractivity contribution is -0.136. The summed E-state index contributed by atoms with van der Waals surface area (Å²) >= 11 is 0. The number of nitrogens with one attached hydrogen (secondary N) is 1. The molecule has 1 atom stereocenters. The molecule has 0 aliphatic heterocycles. The average molecular weight is 459 g/mol. The summed E-state index contributed by atoms with van der Waals surface area (Å²) in [6, 6.07) is 19.8. The van der Waals surface area contributed by atoms with Crippen LogP contribution in [0.2, 0.25) is 0 Å². The van der Waals surface area contributed by atoms with Gasteiger partial charge in [0.2, 0.25) is 5.43 Å². The molecule has 0 saturated heterocycles. The van der Waals surface area contributed by atoms with Crippen LogP contribution in [0.1, 0.15) is 26.3 Å². The summed E-state index contributed by atoms with van der Waals surface area (Å²) in [6.07, 6.45) is -0.506. The molecule has 1 amide bonds. The van der Waals surface area contributed by atoms with Gasteiger partial charge in [-0.25, -0.2) is 9.59 Å². The van der Waals surface area contributed by atoms with E-state index in [4.69, 9.17) is 13.9 Å². The van der Waals surface area contributed by atoms with Gasteiger partial charge in [-0.3, -0.25) is 4.79 Å². The molecule has 4 rings (SSSR count). The Morgan fingerprint density at radius 3 is 2.32 bits per heavy atom. The summed E-state index contributed by atoms with van der Waals surface area (Å²) in [4.78, 5) is 38.1. The van der Waals surface area contributed by atoms with Crippen LogP contribution >= 0.6 is 0 Å². The van der Waals surface area contributed by atoms with Crippen LogP contribution in [-0.2, 0) is 16.0 Å². The van der Waals surface area contributed by atoms with E-state index in [-0.39, 0.29) is 17.6 Å². The van der Waals surface area contributed by atoms with Crippen LogP contribution in [0.4, 0.5) is 4.79 Å². The molecule has 1 aromatic heterocycles. The summed E-state index contributed by atoms with van der Waals surface area (Å²) in [6.45, 7) is 5.22. The minimum Gasteiger partial charge on any atom is -0.456 e. The van der Waals surface area contributed by atoms with Crippen molar-refractivity contribution >= 4 is 34.0 Å². The SMILES string of the molecule is CC(C)(C)OC(=O)N[C@@H](Cc1ccccc1)C(=O)Oc1ccc2c(=O)c3ccccc3oc2c1. The third-order valence-electron chi connectivity index (χ3n) is 5.03. The van der Waals surface area contributed by atoms with Gasteiger partial charge in [0.25, 0.3) is 0 Å². The quantitative estimate of drug-likeness (QED) is 0.257. The highest BCUT2D eigenvalue weighted by atomic mass is 16.6. The Labute approximate surface area is 196 Å². The highest BCUT2D eigenvalue weighted by Crippen LogP contribution is 2.23. The van der Waals surface area contributed by atoms with Gasteiger partial charge in [0.1, 0.15) is 28.6 Å². The number of para-hydroxylation sites is 1. The number of hydrogen-bond acceptors (Lipinski definition) is 6. The molecule has 0 aliphatic carbocycles. The van der Waals surface area contributed by atoms with Crippen LogP contribution in [0, 0.1) is 0 Å². The number of alkyl carbamates (subject to hydrolysis) is 1. The topological polar surface area (TPSA) is 94.8 Å². The molecule has 1 heterocycles. The molecule has 7 nitrogen and oxygen atoms in total. The number of benzene rings is 3. The van der Waals surface area contributed by atoms with Crippen molar-refractivity contribution in [2.75, 3.05) is 0 Å². The van der Waals surface area contributed by atoms with Gasteiger partial charge in [-0.15, -0.1) is 0 Å². The first kappa shape index (κ1) is 23.0. The summed E-state index contributed by atoms with van der Waals surface area (Å²) in [5.41, 5.74) is 0.703. The Hall–Kier alpha value is -4.13. The van der Waals surface area contributed by atoms with Crippen LogP contribution in [-0.4, -0.2) is 23.7 Å². The predicted octanol–water partition coefficient (Wildman–Crippen LogP) is 4.99. The lowest BCUT2D eigenvalue weighted by Crippen LogP contribution is -2.46. The fraction of sp³-hybridized carbons (Fsp3) is 0.222. The number of carbonyl (C=O) groups is 2. The Morgan fingerprint density at radius 2 is 1.59 bits per heavy atom. The normalized spacial score (nSPS) is 12.3. The van der Waals surface area contributed by atoms with Gasteiger partial charge in [0.15, 0.2) is 0 Å². The number of esters is 1. The van der Waals surface area contributed by atoms with Crippen LogP contribution in [0.25, 0.3) is 21.9 Å².